The smallest absolute Gasteiger partial charge is 0.335 e. The van der Waals surface area contributed by atoms with Crippen molar-refractivity contribution >= 4 is 29.4 Å². The number of carbonyl (C=O) groups excluding carboxylic acids is 2. The van der Waals surface area contributed by atoms with Crippen molar-refractivity contribution in [3.63, 3.8) is 0 Å². The number of imide groups is 1. The number of carbonyl (C=O) groups is 3. The first kappa shape index (κ1) is 25.2. The molecule has 0 spiro atoms. The largest absolute Gasteiger partial charge is 0.481 e. The van der Waals surface area contributed by atoms with Gasteiger partial charge in [0.2, 0.25) is 5.91 Å². The van der Waals surface area contributed by atoms with Gasteiger partial charge in [0.15, 0.2) is 0 Å². The third-order valence-corrected chi connectivity index (χ3v) is 4.53. The Morgan fingerprint density at radius 2 is 1.97 bits per heavy atom. The topological polar surface area (TPSA) is 176 Å². The monoisotopic (exact) mass is 458 g/mol. The first-order valence-corrected chi connectivity index (χ1v) is 10.2. The van der Waals surface area contributed by atoms with Crippen molar-refractivity contribution in [2.75, 3.05) is 11.9 Å². The average Bonchev–Trinajstić information content (AvgIpc) is 2.76. The van der Waals surface area contributed by atoms with E-state index in [0.717, 1.165) is 11.4 Å². The molecule has 1 atom stereocenters. The lowest BCUT2D eigenvalue weighted by atomic mass is 10.0. The van der Waals surface area contributed by atoms with Crippen molar-refractivity contribution in [2.24, 2.45) is 0 Å². The van der Waals surface area contributed by atoms with Gasteiger partial charge in [0, 0.05) is 31.3 Å². The third kappa shape index (κ3) is 9.31. The summed E-state index contributed by atoms with van der Waals surface area (Å²) >= 11 is 0. The van der Waals surface area contributed by atoms with Crippen LogP contribution in [0.1, 0.15) is 42.9 Å². The number of nitrogens with zero attached hydrogens (tertiary/aromatic N) is 2. The molecule has 176 valence electrons. The SMILES string of the molecule is Cc1ccnc(NCCCCC(=O)NC(=O)NNC(CC(=O)O)c2cccc([N+](=O)[O-])c2)c1. The van der Waals surface area contributed by atoms with Crippen LogP contribution in [0, 0.1) is 17.0 Å². The lowest BCUT2D eigenvalue weighted by Crippen LogP contribution is -2.47. The van der Waals surface area contributed by atoms with E-state index >= 15 is 0 Å². The van der Waals surface area contributed by atoms with Crippen LogP contribution in [-0.2, 0) is 9.59 Å². The van der Waals surface area contributed by atoms with Crippen LogP contribution in [0.3, 0.4) is 0 Å². The standard InChI is InChI=1S/C21H26N6O6/c1-14-8-10-23-18(11-14)22-9-3-2-7-19(28)24-21(31)26-25-17(13-20(29)30)15-5-4-6-16(12-15)27(32)33/h4-6,8,10-12,17,25H,2-3,7,9,13H2,1H3,(H,22,23)(H,29,30)(H2,24,26,28,31). The summed E-state index contributed by atoms with van der Waals surface area (Å²) < 4.78 is 0. The van der Waals surface area contributed by atoms with Crippen molar-refractivity contribution in [3.05, 3.63) is 63.8 Å². The molecule has 0 aliphatic heterocycles. The number of anilines is 1. The molecule has 0 saturated heterocycles. The van der Waals surface area contributed by atoms with Crippen LogP contribution in [0.15, 0.2) is 42.6 Å². The Hall–Kier alpha value is -4.06. The third-order valence-electron chi connectivity index (χ3n) is 4.53. The molecule has 0 saturated carbocycles. The first-order valence-electron chi connectivity index (χ1n) is 10.2. The molecular weight excluding hydrogens is 432 g/mol. The molecule has 0 aliphatic rings. The van der Waals surface area contributed by atoms with Gasteiger partial charge in [0.25, 0.3) is 5.69 Å². The summed E-state index contributed by atoms with van der Waals surface area (Å²) in [6, 6.07) is 7.40. The molecular formula is C21H26N6O6. The molecule has 0 radical (unpaired) electrons. The number of hydrazine groups is 1. The highest BCUT2D eigenvalue weighted by molar-refractivity contribution is 5.94. The number of unbranched alkanes of at least 4 members (excludes halogenated alkanes) is 1. The Morgan fingerprint density at radius 1 is 1.18 bits per heavy atom. The van der Waals surface area contributed by atoms with E-state index in [-0.39, 0.29) is 12.1 Å². The molecule has 0 bridgehead atoms. The Morgan fingerprint density at radius 3 is 2.67 bits per heavy atom. The summed E-state index contributed by atoms with van der Waals surface area (Å²) in [6.07, 6.45) is 2.62. The van der Waals surface area contributed by atoms with Crippen LogP contribution in [0.2, 0.25) is 0 Å². The summed E-state index contributed by atoms with van der Waals surface area (Å²) in [6.45, 7) is 2.59. The van der Waals surface area contributed by atoms with E-state index in [1.807, 2.05) is 19.1 Å². The highest BCUT2D eigenvalue weighted by atomic mass is 16.6. The predicted octanol–water partition coefficient (Wildman–Crippen LogP) is 2.43. The van der Waals surface area contributed by atoms with Crippen LogP contribution >= 0.6 is 0 Å². The van der Waals surface area contributed by atoms with Gasteiger partial charge >= 0.3 is 12.0 Å². The van der Waals surface area contributed by atoms with Gasteiger partial charge in [-0.25, -0.2) is 15.2 Å². The summed E-state index contributed by atoms with van der Waals surface area (Å²) in [5.74, 6) is -0.913. The van der Waals surface area contributed by atoms with Crippen LogP contribution < -0.4 is 21.5 Å². The van der Waals surface area contributed by atoms with E-state index in [2.05, 4.69) is 26.5 Å². The normalized spacial score (nSPS) is 11.3. The fourth-order valence-electron chi connectivity index (χ4n) is 2.91. The summed E-state index contributed by atoms with van der Waals surface area (Å²) in [5, 5.41) is 25.3. The van der Waals surface area contributed by atoms with Gasteiger partial charge in [0.05, 0.1) is 17.4 Å². The quantitative estimate of drug-likeness (QED) is 0.182. The Bertz CT molecular complexity index is 999. The van der Waals surface area contributed by atoms with E-state index in [1.54, 1.807) is 6.20 Å². The number of carboxylic acid groups (broad SMARTS) is 1. The molecule has 0 fully saturated rings. The number of aliphatic carboxylic acids is 1. The first-order chi connectivity index (χ1) is 15.7. The number of nitrogens with one attached hydrogen (secondary N) is 4. The van der Waals surface area contributed by atoms with E-state index in [4.69, 9.17) is 5.11 Å². The lowest BCUT2D eigenvalue weighted by Gasteiger charge is -2.18. The van der Waals surface area contributed by atoms with Gasteiger partial charge in [0.1, 0.15) is 5.82 Å². The zero-order chi connectivity index (χ0) is 24.2. The van der Waals surface area contributed by atoms with E-state index in [9.17, 15) is 24.5 Å². The molecule has 2 rings (SSSR count). The lowest BCUT2D eigenvalue weighted by molar-refractivity contribution is -0.384. The van der Waals surface area contributed by atoms with Gasteiger partial charge in [-0.05, 0) is 43.0 Å². The molecule has 1 aromatic carbocycles. The maximum atomic E-state index is 12.0. The maximum absolute atomic E-state index is 12.0. The molecule has 33 heavy (non-hydrogen) atoms. The fourth-order valence-corrected chi connectivity index (χ4v) is 2.91. The van der Waals surface area contributed by atoms with Crippen molar-refractivity contribution < 1.29 is 24.4 Å². The molecule has 12 nitrogen and oxygen atoms in total. The van der Waals surface area contributed by atoms with E-state index in [1.165, 1.54) is 24.3 Å². The number of hydrogen-bond acceptors (Lipinski definition) is 8. The number of aromatic nitrogens is 1. The molecule has 5 N–H and O–H groups in total. The van der Waals surface area contributed by atoms with Gasteiger partial charge in [-0.15, -0.1) is 0 Å². The number of carboxylic acids is 1. The zero-order valence-corrected chi connectivity index (χ0v) is 18.0. The number of urea groups is 1. The molecule has 1 aromatic heterocycles. The molecule has 1 heterocycles. The number of benzene rings is 1. The number of amides is 3. The minimum absolute atomic E-state index is 0.125. The number of pyridine rings is 1. The average molecular weight is 458 g/mol. The van der Waals surface area contributed by atoms with Crippen LogP contribution in [0.4, 0.5) is 16.3 Å². The Kier molecular flexibility index (Phi) is 9.71. The van der Waals surface area contributed by atoms with Gasteiger partial charge < -0.3 is 10.4 Å². The number of non-ortho nitro benzene ring substituents is 1. The van der Waals surface area contributed by atoms with Gasteiger partial charge in [-0.3, -0.25) is 30.4 Å². The van der Waals surface area contributed by atoms with Gasteiger partial charge in [-0.1, -0.05) is 12.1 Å². The Balaban J connectivity index is 1.74. The van der Waals surface area contributed by atoms with Crippen LogP contribution in [0.5, 0.6) is 0 Å². The minimum atomic E-state index is -1.17. The molecule has 3 amide bonds. The molecule has 2 aromatic rings. The van der Waals surface area contributed by atoms with E-state index < -0.39 is 35.3 Å². The summed E-state index contributed by atoms with van der Waals surface area (Å²) in [4.78, 5) is 49.6. The van der Waals surface area contributed by atoms with Crippen molar-refractivity contribution in [2.45, 2.75) is 38.6 Å². The second-order valence-electron chi connectivity index (χ2n) is 7.25. The number of nitro groups is 1. The summed E-state index contributed by atoms with van der Waals surface area (Å²) in [7, 11) is 0. The van der Waals surface area contributed by atoms with Crippen LogP contribution in [0.25, 0.3) is 0 Å². The molecule has 1 unspecified atom stereocenters. The van der Waals surface area contributed by atoms with Crippen molar-refractivity contribution in [1.29, 1.82) is 0 Å². The summed E-state index contributed by atoms with van der Waals surface area (Å²) in [5.41, 5.74) is 5.90. The van der Waals surface area contributed by atoms with Crippen molar-refractivity contribution in [1.82, 2.24) is 21.2 Å². The minimum Gasteiger partial charge on any atom is -0.481 e. The Labute approximate surface area is 189 Å². The fraction of sp³-hybridized carbons (Fsp3) is 0.333. The zero-order valence-electron chi connectivity index (χ0n) is 18.0. The number of aryl methyl sites for hydroxylation is 1. The number of rotatable bonds is 12. The van der Waals surface area contributed by atoms with Gasteiger partial charge in [-0.2, -0.15) is 0 Å². The number of nitro benzene ring substituents is 1. The molecule has 0 aliphatic carbocycles. The van der Waals surface area contributed by atoms with Crippen LogP contribution in [-0.4, -0.2) is 39.5 Å². The highest BCUT2D eigenvalue weighted by Gasteiger charge is 2.19. The maximum Gasteiger partial charge on any atom is 0.335 e. The predicted molar refractivity (Wildman–Crippen MR) is 119 cm³/mol. The second-order valence-corrected chi connectivity index (χ2v) is 7.25. The highest BCUT2D eigenvalue weighted by Crippen LogP contribution is 2.21. The number of hydrogen-bond donors (Lipinski definition) is 5. The van der Waals surface area contributed by atoms with Crippen molar-refractivity contribution in [3.8, 4) is 0 Å². The second kappa shape index (κ2) is 12.7. The molecule has 12 heteroatoms. The van der Waals surface area contributed by atoms with E-state index in [0.29, 0.717) is 24.9 Å².